The zero-order valence-electron chi connectivity index (χ0n) is 8.52. The molecule has 0 aromatic heterocycles. The first-order valence-electron chi connectivity index (χ1n) is 5.09. The summed E-state index contributed by atoms with van der Waals surface area (Å²) in [5.41, 5.74) is 9.64. The van der Waals surface area contributed by atoms with Crippen molar-refractivity contribution in [1.29, 1.82) is 0 Å². The lowest BCUT2D eigenvalue weighted by Gasteiger charge is -2.25. The zero-order chi connectivity index (χ0) is 10.5. The first-order valence-corrected chi connectivity index (χ1v) is 5.09. The molecule has 0 amide bonds. The fourth-order valence-corrected chi connectivity index (χ4v) is 1.35. The van der Waals surface area contributed by atoms with Crippen LogP contribution < -0.4 is 11.2 Å². The molecule has 1 aliphatic rings. The highest BCUT2D eigenvalue weighted by atomic mass is 16.5. The minimum Gasteiger partial charge on any atom is -0.382 e. The maximum atomic E-state index is 5.79. The molecule has 1 aliphatic heterocycles. The van der Waals surface area contributed by atoms with E-state index >= 15 is 0 Å². The first kappa shape index (κ1) is 9.98. The van der Waals surface area contributed by atoms with Crippen molar-refractivity contribution in [3.63, 3.8) is 0 Å². The van der Waals surface area contributed by atoms with Crippen molar-refractivity contribution < 1.29 is 4.74 Å². The molecule has 1 aromatic rings. The van der Waals surface area contributed by atoms with Crippen LogP contribution in [0, 0.1) is 0 Å². The van der Waals surface area contributed by atoms with E-state index in [1.54, 1.807) is 0 Å². The summed E-state index contributed by atoms with van der Waals surface area (Å²) in [6.07, 6.45) is 1.41. The van der Waals surface area contributed by atoms with Crippen LogP contribution in [0.3, 0.4) is 0 Å². The number of nitrogens with zero attached hydrogens (tertiary/aromatic N) is 1. The summed E-state index contributed by atoms with van der Waals surface area (Å²) >= 11 is 0. The summed E-state index contributed by atoms with van der Waals surface area (Å²) in [5.74, 6) is 0.509. The van der Waals surface area contributed by atoms with Crippen LogP contribution in [0.4, 0.5) is 0 Å². The first-order chi connectivity index (χ1) is 7.36. The molecule has 1 fully saturated rings. The molecule has 1 saturated heterocycles. The molecule has 1 aromatic carbocycles. The standard InChI is InChI=1S/C11H15N3O/c12-11(9-4-2-1-3-5-9)14-13-8-10-6-7-15-10/h1-5,10,13H,6-8H2,(H2,12,14). The predicted molar refractivity (Wildman–Crippen MR) is 59.5 cm³/mol. The van der Waals surface area contributed by atoms with Gasteiger partial charge in [-0.25, -0.2) is 0 Å². The van der Waals surface area contributed by atoms with Crippen LogP contribution >= 0.6 is 0 Å². The summed E-state index contributed by atoms with van der Waals surface area (Å²) in [6.45, 7) is 1.60. The van der Waals surface area contributed by atoms with Gasteiger partial charge in [-0.05, 0) is 6.42 Å². The van der Waals surface area contributed by atoms with Gasteiger partial charge in [-0.15, -0.1) is 0 Å². The Morgan fingerprint density at radius 3 is 2.80 bits per heavy atom. The van der Waals surface area contributed by atoms with Crippen LogP contribution in [-0.2, 0) is 4.74 Å². The van der Waals surface area contributed by atoms with Gasteiger partial charge >= 0.3 is 0 Å². The predicted octanol–water partition coefficient (Wildman–Crippen LogP) is 0.685. The van der Waals surface area contributed by atoms with E-state index < -0.39 is 0 Å². The van der Waals surface area contributed by atoms with Crippen molar-refractivity contribution >= 4 is 5.84 Å². The van der Waals surface area contributed by atoms with Gasteiger partial charge in [0.25, 0.3) is 0 Å². The summed E-state index contributed by atoms with van der Waals surface area (Å²) in [6, 6.07) is 9.69. The molecule has 0 spiro atoms. The lowest BCUT2D eigenvalue weighted by Crippen LogP contribution is -2.36. The average Bonchev–Trinajstić information content (AvgIpc) is 2.23. The van der Waals surface area contributed by atoms with Crippen molar-refractivity contribution in [2.75, 3.05) is 13.2 Å². The summed E-state index contributed by atoms with van der Waals surface area (Å²) in [5, 5.41) is 4.08. The lowest BCUT2D eigenvalue weighted by atomic mass is 10.2. The molecule has 4 heteroatoms. The number of hydrazone groups is 1. The monoisotopic (exact) mass is 205 g/mol. The molecule has 80 valence electrons. The van der Waals surface area contributed by atoms with E-state index in [4.69, 9.17) is 10.5 Å². The van der Waals surface area contributed by atoms with Gasteiger partial charge in [-0.3, -0.25) is 0 Å². The Morgan fingerprint density at radius 1 is 1.47 bits per heavy atom. The third-order valence-corrected chi connectivity index (χ3v) is 2.38. The minimum absolute atomic E-state index is 0.303. The van der Waals surface area contributed by atoms with Gasteiger partial charge in [0.2, 0.25) is 0 Å². The van der Waals surface area contributed by atoms with Gasteiger partial charge in [0, 0.05) is 12.2 Å². The van der Waals surface area contributed by atoms with Crippen LogP contribution in [-0.4, -0.2) is 25.1 Å². The molecule has 1 atom stereocenters. The number of hydrogen-bond acceptors (Lipinski definition) is 3. The Hall–Kier alpha value is -1.55. The maximum absolute atomic E-state index is 5.79. The molecular weight excluding hydrogens is 190 g/mol. The van der Waals surface area contributed by atoms with Crippen LogP contribution in [0.1, 0.15) is 12.0 Å². The van der Waals surface area contributed by atoms with Gasteiger partial charge < -0.3 is 15.9 Å². The molecule has 2 rings (SSSR count). The topological polar surface area (TPSA) is 59.6 Å². The Balaban J connectivity index is 1.84. The zero-order valence-corrected chi connectivity index (χ0v) is 8.52. The second kappa shape index (κ2) is 4.79. The molecular formula is C11H15N3O. The number of amidine groups is 1. The highest BCUT2D eigenvalue weighted by Crippen LogP contribution is 2.08. The number of rotatable bonds is 4. The molecule has 4 nitrogen and oxygen atoms in total. The van der Waals surface area contributed by atoms with Gasteiger partial charge in [-0.1, -0.05) is 30.3 Å². The molecule has 0 bridgehead atoms. The van der Waals surface area contributed by atoms with E-state index in [1.807, 2.05) is 30.3 Å². The number of benzene rings is 1. The lowest BCUT2D eigenvalue weighted by molar-refractivity contribution is -0.0480. The largest absolute Gasteiger partial charge is 0.382 e. The van der Waals surface area contributed by atoms with E-state index in [1.165, 1.54) is 0 Å². The van der Waals surface area contributed by atoms with Crippen molar-refractivity contribution in [1.82, 2.24) is 5.43 Å². The average molecular weight is 205 g/mol. The van der Waals surface area contributed by atoms with Crippen LogP contribution in [0.15, 0.2) is 35.4 Å². The van der Waals surface area contributed by atoms with Gasteiger partial charge in [0.15, 0.2) is 5.84 Å². The van der Waals surface area contributed by atoms with Crippen molar-refractivity contribution in [2.45, 2.75) is 12.5 Å². The van der Waals surface area contributed by atoms with E-state index in [2.05, 4.69) is 10.5 Å². The van der Waals surface area contributed by atoms with E-state index in [0.29, 0.717) is 11.9 Å². The smallest absolute Gasteiger partial charge is 0.150 e. The summed E-state index contributed by atoms with van der Waals surface area (Å²) < 4.78 is 5.25. The minimum atomic E-state index is 0.303. The van der Waals surface area contributed by atoms with Crippen molar-refractivity contribution in [3.8, 4) is 0 Å². The van der Waals surface area contributed by atoms with Crippen molar-refractivity contribution in [2.24, 2.45) is 10.8 Å². The van der Waals surface area contributed by atoms with Gasteiger partial charge in [0.1, 0.15) is 0 Å². The summed E-state index contributed by atoms with van der Waals surface area (Å²) in [4.78, 5) is 0. The Kier molecular flexibility index (Phi) is 3.19. The van der Waals surface area contributed by atoms with E-state index in [0.717, 1.165) is 25.1 Å². The summed E-state index contributed by atoms with van der Waals surface area (Å²) in [7, 11) is 0. The fraction of sp³-hybridized carbons (Fsp3) is 0.364. The number of hydrogen-bond donors (Lipinski definition) is 2. The molecule has 1 unspecified atom stereocenters. The molecule has 0 aliphatic carbocycles. The van der Waals surface area contributed by atoms with E-state index in [9.17, 15) is 0 Å². The fourth-order valence-electron chi connectivity index (χ4n) is 1.35. The quantitative estimate of drug-likeness (QED) is 0.432. The normalized spacial score (nSPS) is 20.8. The van der Waals surface area contributed by atoms with Gasteiger partial charge in [0.05, 0.1) is 12.6 Å². The number of nitrogens with two attached hydrogens (primary N) is 1. The molecule has 15 heavy (non-hydrogen) atoms. The molecule has 1 heterocycles. The third-order valence-electron chi connectivity index (χ3n) is 2.38. The highest BCUT2D eigenvalue weighted by molar-refractivity contribution is 5.97. The second-order valence-electron chi connectivity index (χ2n) is 3.51. The van der Waals surface area contributed by atoms with Gasteiger partial charge in [-0.2, -0.15) is 5.10 Å². The van der Waals surface area contributed by atoms with Crippen LogP contribution in [0.25, 0.3) is 0 Å². The highest BCUT2D eigenvalue weighted by Gasteiger charge is 2.16. The molecule has 3 N–H and O–H groups in total. The number of nitrogens with one attached hydrogen (secondary N) is 1. The maximum Gasteiger partial charge on any atom is 0.150 e. The Morgan fingerprint density at radius 2 is 2.20 bits per heavy atom. The van der Waals surface area contributed by atoms with Crippen LogP contribution in [0.2, 0.25) is 0 Å². The third kappa shape index (κ3) is 2.70. The van der Waals surface area contributed by atoms with Crippen LogP contribution in [0.5, 0.6) is 0 Å². The molecule has 0 saturated carbocycles. The molecule has 0 radical (unpaired) electrons. The SMILES string of the molecule is NC(=NNCC1CCO1)c1ccccc1. The number of ether oxygens (including phenoxy) is 1. The Bertz CT molecular complexity index is 333. The Labute approximate surface area is 89.1 Å². The second-order valence-corrected chi connectivity index (χ2v) is 3.51. The van der Waals surface area contributed by atoms with E-state index in [-0.39, 0.29) is 0 Å². The van der Waals surface area contributed by atoms with Crippen molar-refractivity contribution in [3.05, 3.63) is 35.9 Å².